The molecule has 1 aliphatic carbocycles. The maximum Gasteiger partial charge on any atom is 0.248 e. The molecule has 0 spiro atoms. The summed E-state index contributed by atoms with van der Waals surface area (Å²) in [7, 11) is 3.15. The Morgan fingerprint density at radius 3 is 2.55 bits per heavy atom. The molecule has 2 nitrogen and oxygen atoms in total. The number of hydrogen-bond donors (Lipinski definition) is 1. The van der Waals surface area contributed by atoms with Crippen LogP contribution in [-0.2, 0) is 4.79 Å². The second-order valence-corrected chi connectivity index (χ2v) is 2.93. The van der Waals surface area contributed by atoms with Gasteiger partial charge in [0.05, 0.1) is 0 Å². The van der Waals surface area contributed by atoms with Crippen molar-refractivity contribution in [2.24, 2.45) is 5.92 Å². The van der Waals surface area contributed by atoms with Gasteiger partial charge in [-0.25, -0.2) is 8.78 Å². The van der Waals surface area contributed by atoms with Gasteiger partial charge >= 0.3 is 0 Å². The molecular weight excluding hydrogens is 152 g/mol. The van der Waals surface area contributed by atoms with E-state index in [9.17, 15) is 13.6 Å². The third-order valence-electron chi connectivity index (χ3n) is 1.85. The first-order valence-corrected chi connectivity index (χ1v) is 3.47. The summed E-state index contributed by atoms with van der Waals surface area (Å²) in [6.45, 7) is 0. The van der Waals surface area contributed by atoms with Crippen molar-refractivity contribution in [1.82, 2.24) is 5.32 Å². The lowest BCUT2D eigenvalue weighted by Gasteiger charge is -2.34. The van der Waals surface area contributed by atoms with Crippen molar-refractivity contribution in [2.45, 2.75) is 25.2 Å². The van der Waals surface area contributed by atoms with Crippen molar-refractivity contribution in [3.63, 3.8) is 0 Å². The highest BCUT2D eigenvalue weighted by molar-refractivity contribution is 5.76. The number of carbonyl (C=O) groups is 1. The van der Waals surface area contributed by atoms with Crippen molar-refractivity contribution in [3.8, 4) is 0 Å². The Balaban J connectivity index is 2.19. The first kappa shape index (κ1) is 8.43. The summed E-state index contributed by atoms with van der Waals surface area (Å²) < 4.78 is 24.4. The van der Waals surface area contributed by atoms with Crippen LogP contribution >= 0.6 is 0 Å². The molecule has 0 bridgehead atoms. The molecule has 0 unspecified atom stereocenters. The van der Waals surface area contributed by atoms with E-state index in [0.717, 1.165) is 0 Å². The van der Waals surface area contributed by atoms with E-state index in [0.29, 0.717) is 0 Å². The van der Waals surface area contributed by atoms with E-state index in [-0.39, 0.29) is 31.1 Å². The fourth-order valence-electron chi connectivity index (χ4n) is 1.26. The Morgan fingerprint density at radius 2 is 2.18 bits per heavy atom. The van der Waals surface area contributed by atoms with Crippen molar-refractivity contribution in [3.05, 3.63) is 7.05 Å². The minimum absolute atomic E-state index is 0.147. The van der Waals surface area contributed by atoms with Gasteiger partial charge in [-0.1, -0.05) is 0 Å². The zero-order valence-electron chi connectivity index (χ0n) is 6.07. The monoisotopic (exact) mass is 162 g/mol. The molecule has 0 aromatic rings. The first-order valence-electron chi connectivity index (χ1n) is 3.47. The molecule has 0 aliphatic heterocycles. The molecule has 0 atom stereocenters. The molecule has 0 saturated heterocycles. The number of carbonyl (C=O) groups excluding carboxylic acids is 1. The molecule has 11 heavy (non-hydrogen) atoms. The third-order valence-corrected chi connectivity index (χ3v) is 1.85. The molecular formula is C7H10F2NO. The van der Waals surface area contributed by atoms with Crippen LogP contribution in [0, 0.1) is 13.0 Å². The van der Waals surface area contributed by atoms with Crippen molar-refractivity contribution >= 4 is 5.91 Å². The van der Waals surface area contributed by atoms with Gasteiger partial charge in [0.2, 0.25) is 11.8 Å². The van der Waals surface area contributed by atoms with Crippen molar-refractivity contribution in [1.29, 1.82) is 0 Å². The van der Waals surface area contributed by atoms with Gasteiger partial charge in [0.1, 0.15) is 0 Å². The number of nitrogens with one attached hydrogen (secondary N) is 1. The summed E-state index contributed by atoms with van der Waals surface area (Å²) in [5, 5.41) is 2.16. The Labute approximate surface area is 64.0 Å². The van der Waals surface area contributed by atoms with Crippen molar-refractivity contribution < 1.29 is 13.6 Å². The van der Waals surface area contributed by atoms with Crippen LogP contribution in [0.15, 0.2) is 0 Å². The quantitative estimate of drug-likeness (QED) is 0.652. The fourth-order valence-corrected chi connectivity index (χ4v) is 1.26. The van der Waals surface area contributed by atoms with E-state index in [4.69, 9.17) is 0 Å². The van der Waals surface area contributed by atoms with Crippen LogP contribution in [0.4, 0.5) is 8.78 Å². The van der Waals surface area contributed by atoms with Gasteiger partial charge in [0, 0.05) is 26.3 Å². The Kier molecular flexibility index (Phi) is 2.11. The van der Waals surface area contributed by atoms with Crippen molar-refractivity contribution in [2.75, 3.05) is 0 Å². The van der Waals surface area contributed by atoms with Gasteiger partial charge in [-0.2, -0.15) is 0 Å². The average Bonchev–Trinajstić information content (AvgIpc) is 1.83. The van der Waals surface area contributed by atoms with Crippen LogP contribution in [0.5, 0.6) is 0 Å². The summed E-state index contributed by atoms with van der Waals surface area (Å²) in [6.07, 6.45) is -0.125. The molecule has 1 rings (SSSR count). The molecule has 1 saturated carbocycles. The predicted octanol–water partition coefficient (Wildman–Crippen LogP) is 1.33. The van der Waals surface area contributed by atoms with Crippen LogP contribution in [-0.4, -0.2) is 11.8 Å². The van der Waals surface area contributed by atoms with Gasteiger partial charge < -0.3 is 5.32 Å². The molecule has 4 heteroatoms. The average molecular weight is 162 g/mol. The van der Waals surface area contributed by atoms with Crippen LogP contribution in [0.2, 0.25) is 0 Å². The van der Waals surface area contributed by atoms with Crippen LogP contribution in [0.1, 0.15) is 19.3 Å². The number of alkyl halides is 2. The number of hydrogen-bond acceptors (Lipinski definition) is 1. The largest absolute Gasteiger partial charge is 0.354 e. The highest BCUT2D eigenvalue weighted by atomic mass is 19.3. The summed E-state index contributed by atoms with van der Waals surface area (Å²) in [6, 6.07) is 0. The van der Waals surface area contributed by atoms with Gasteiger partial charge in [-0.15, -0.1) is 0 Å². The molecule has 0 aromatic heterocycles. The molecule has 1 radical (unpaired) electrons. The summed E-state index contributed by atoms with van der Waals surface area (Å²) in [5.74, 6) is -2.93. The smallest absolute Gasteiger partial charge is 0.248 e. The molecule has 0 heterocycles. The van der Waals surface area contributed by atoms with E-state index in [1.807, 2.05) is 0 Å². The Morgan fingerprint density at radius 1 is 1.64 bits per heavy atom. The molecule has 63 valence electrons. The minimum Gasteiger partial charge on any atom is -0.354 e. The van der Waals surface area contributed by atoms with E-state index >= 15 is 0 Å². The molecule has 1 aliphatic rings. The summed E-state index contributed by atoms with van der Waals surface area (Å²) in [5.41, 5.74) is 0. The minimum atomic E-state index is -2.52. The molecule has 1 N–H and O–H groups in total. The van der Waals surface area contributed by atoms with Gasteiger partial charge in [-0.3, -0.25) is 4.79 Å². The summed E-state index contributed by atoms with van der Waals surface area (Å²) in [4.78, 5) is 10.6. The number of amides is 1. The maximum absolute atomic E-state index is 12.2. The van der Waals surface area contributed by atoms with Crippen LogP contribution in [0.3, 0.4) is 0 Å². The second kappa shape index (κ2) is 2.75. The van der Waals surface area contributed by atoms with E-state index in [2.05, 4.69) is 12.4 Å². The van der Waals surface area contributed by atoms with Gasteiger partial charge in [0.25, 0.3) is 0 Å². The number of halogens is 2. The molecule has 0 aromatic carbocycles. The predicted molar refractivity (Wildman–Crippen MR) is 35.8 cm³/mol. The van der Waals surface area contributed by atoms with Gasteiger partial charge in [0.15, 0.2) is 0 Å². The number of rotatable bonds is 2. The van der Waals surface area contributed by atoms with E-state index < -0.39 is 5.92 Å². The Bertz CT molecular complexity index is 162. The maximum atomic E-state index is 12.2. The second-order valence-electron chi connectivity index (χ2n) is 2.93. The standard InChI is InChI=1S/C7H10F2NO/c1-10-6(11)2-5-3-7(8,9)4-5/h5H,1-4H2,(H,10,11). The lowest BCUT2D eigenvalue weighted by atomic mass is 9.79. The normalized spacial score (nSPS) is 22.5. The lowest BCUT2D eigenvalue weighted by molar-refractivity contribution is -0.132. The van der Waals surface area contributed by atoms with E-state index in [1.165, 1.54) is 0 Å². The SMILES string of the molecule is [CH2]NC(=O)CC1CC(F)(F)C1. The van der Waals surface area contributed by atoms with Crippen LogP contribution < -0.4 is 5.32 Å². The topological polar surface area (TPSA) is 29.1 Å². The molecule has 1 fully saturated rings. The van der Waals surface area contributed by atoms with Gasteiger partial charge in [-0.05, 0) is 5.92 Å². The van der Waals surface area contributed by atoms with Crippen LogP contribution in [0.25, 0.3) is 0 Å². The first-order chi connectivity index (χ1) is 5.03. The highest BCUT2D eigenvalue weighted by Gasteiger charge is 2.45. The third kappa shape index (κ3) is 2.13. The summed E-state index contributed by atoms with van der Waals surface area (Å²) >= 11 is 0. The fraction of sp³-hybridized carbons (Fsp3) is 0.714. The zero-order valence-corrected chi connectivity index (χ0v) is 6.07. The highest BCUT2D eigenvalue weighted by Crippen LogP contribution is 2.43. The zero-order chi connectivity index (χ0) is 8.48. The molecule has 1 amide bonds. The lowest BCUT2D eigenvalue weighted by Crippen LogP contribution is -2.37. The Hall–Kier alpha value is -0.670. The van der Waals surface area contributed by atoms with E-state index in [1.54, 1.807) is 0 Å².